The summed E-state index contributed by atoms with van der Waals surface area (Å²) in [5.74, 6) is 1.77. The molecule has 0 fully saturated rings. The highest BCUT2D eigenvalue weighted by atomic mass is 16.6. The number of hydrogen-bond acceptors (Lipinski definition) is 16. The molecule has 0 aliphatic rings. The summed E-state index contributed by atoms with van der Waals surface area (Å²) in [7, 11) is 5.52. The van der Waals surface area contributed by atoms with E-state index in [-0.39, 0.29) is 6.09 Å². The highest BCUT2D eigenvalue weighted by Crippen LogP contribution is 2.20. The van der Waals surface area contributed by atoms with Crippen molar-refractivity contribution in [3.63, 3.8) is 0 Å². The van der Waals surface area contributed by atoms with E-state index in [1.54, 1.807) is 25.6 Å². The lowest BCUT2D eigenvalue weighted by molar-refractivity contribution is 0.0361. The Balaban J connectivity index is 0.000000276. The topological polar surface area (TPSA) is 175 Å². The Morgan fingerprint density at radius 2 is 0.671 bits per heavy atom. The maximum absolute atomic E-state index is 12.2. The van der Waals surface area contributed by atoms with Crippen LogP contribution < -0.4 is 29.7 Å². The van der Waals surface area contributed by atoms with Gasteiger partial charge in [0.2, 0.25) is 17.6 Å². The SMILES string of the molecule is CCCOCCOCCOc1ccc(/C=C/c2ccc(N(C)C(=O)OC(C)(C)C)cc2)cn1.CCCOCCOCCOc1ccc(/C=C/c2ccc(NC)cc2)cn1.CCCOCCOCCOc1ccc(/C=C/c2ccc(NC)cc2)cn1. The molecule has 3 aromatic carbocycles. The van der Waals surface area contributed by atoms with Crippen molar-refractivity contribution >= 4 is 59.6 Å². The number of hydrogen-bond donors (Lipinski definition) is 2. The first kappa shape index (κ1) is 69.9. The van der Waals surface area contributed by atoms with Gasteiger partial charge in [0.05, 0.1) is 59.5 Å². The number of rotatable bonds is 36. The quantitative estimate of drug-likeness (QED) is 0.0355. The minimum absolute atomic E-state index is 0.383. The van der Waals surface area contributed by atoms with Crippen LogP contribution in [-0.2, 0) is 33.2 Å². The third kappa shape index (κ3) is 32.3. The van der Waals surface area contributed by atoms with E-state index in [4.69, 9.17) is 47.4 Å². The molecule has 0 aliphatic heterocycles. The van der Waals surface area contributed by atoms with E-state index >= 15 is 0 Å². The standard InChI is InChI=1S/C26H36N2O5.2C21H28N2O3/c1-6-15-30-16-17-31-18-19-32-24-14-11-22(20-27-24)8-7-21-9-12-23(13-10-21)28(5)25(29)33-26(2,3)4;2*1-3-12-24-13-14-25-15-16-26-21-11-8-19(17-23-21)5-4-18-6-9-20(22-2)10-7-18/h7-14,20H,6,15-19H2,1-5H3;2*4-11,17,22H,3,12-16H2,1-2H3/b8-7+;2*5-4+. The van der Waals surface area contributed by atoms with E-state index in [0.29, 0.717) is 96.9 Å². The number of pyridine rings is 3. The number of ether oxygens (including phenoxy) is 10. The number of anilines is 3. The van der Waals surface area contributed by atoms with E-state index in [1.165, 1.54) is 4.90 Å². The second-order valence-corrected chi connectivity index (χ2v) is 19.9. The molecule has 0 bridgehead atoms. The zero-order valence-corrected chi connectivity index (χ0v) is 51.6. The molecule has 3 aromatic heterocycles. The first-order valence-corrected chi connectivity index (χ1v) is 29.3. The molecule has 0 radical (unpaired) electrons. The first-order chi connectivity index (χ1) is 41.4. The van der Waals surface area contributed by atoms with Gasteiger partial charge < -0.3 is 58.0 Å². The Bertz CT molecular complexity index is 2620. The van der Waals surface area contributed by atoms with E-state index < -0.39 is 5.60 Å². The molecule has 0 atom stereocenters. The average Bonchev–Trinajstić information content (AvgIpc) is 3.66. The largest absolute Gasteiger partial charge is 0.475 e. The molecule has 2 N–H and O–H groups in total. The molecule has 85 heavy (non-hydrogen) atoms. The summed E-state index contributed by atoms with van der Waals surface area (Å²) in [6, 6.07) is 35.6. The number of amides is 1. The highest BCUT2D eigenvalue weighted by molar-refractivity contribution is 5.87. The van der Waals surface area contributed by atoms with Crippen molar-refractivity contribution in [2.45, 2.75) is 66.4 Å². The molecule has 1 amide bonds. The molecule has 6 rings (SSSR count). The third-order valence-corrected chi connectivity index (χ3v) is 11.6. The van der Waals surface area contributed by atoms with Crippen molar-refractivity contribution in [3.05, 3.63) is 161 Å². The van der Waals surface area contributed by atoms with Crippen molar-refractivity contribution < 1.29 is 52.2 Å². The number of aromatic nitrogens is 3. The first-order valence-electron chi connectivity index (χ1n) is 29.3. The van der Waals surface area contributed by atoms with Crippen LogP contribution in [0.4, 0.5) is 21.9 Å². The smallest absolute Gasteiger partial charge is 0.414 e. The molecule has 0 unspecified atom stereocenters. The zero-order valence-electron chi connectivity index (χ0n) is 51.6. The number of benzene rings is 3. The molecule has 17 nitrogen and oxygen atoms in total. The van der Waals surface area contributed by atoms with E-state index in [1.807, 2.05) is 144 Å². The van der Waals surface area contributed by atoms with E-state index in [2.05, 4.69) is 82.8 Å². The summed E-state index contributed by atoms with van der Waals surface area (Å²) >= 11 is 0. The minimum atomic E-state index is -0.528. The van der Waals surface area contributed by atoms with Gasteiger partial charge in [-0.2, -0.15) is 0 Å². The van der Waals surface area contributed by atoms with Crippen LogP contribution in [0.2, 0.25) is 0 Å². The molecule has 460 valence electrons. The zero-order chi connectivity index (χ0) is 61.0. The van der Waals surface area contributed by atoms with Gasteiger partial charge in [-0.1, -0.05) is 93.6 Å². The minimum Gasteiger partial charge on any atom is -0.475 e. The van der Waals surface area contributed by atoms with E-state index in [0.717, 1.165) is 89.5 Å². The lowest BCUT2D eigenvalue weighted by Gasteiger charge is -2.24. The Morgan fingerprint density at radius 3 is 0.941 bits per heavy atom. The Kier molecular flexibility index (Phi) is 35.4. The van der Waals surface area contributed by atoms with Gasteiger partial charge in [-0.05, 0) is 128 Å². The lowest BCUT2D eigenvalue weighted by Crippen LogP contribution is -2.34. The maximum Gasteiger partial charge on any atom is 0.414 e. The summed E-state index contributed by atoms with van der Waals surface area (Å²) in [5, 5.41) is 6.21. The Hall–Kier alpha value is -7.64. The molecular formula is C68H92N6O11. The summed E-state index contributed by atoms with van der Waals surface area (Å²) in [5.41, 5.74) is 8.75. The van der Waals surface area contributed by atoms with Crippen molar-refractivity contribution in [1.82, 2.24) is 15.0 Å². The van der Waals surface area contributed by atoms with Gasteiger partial charge in [0.25, 0.3) is 0 Å². The van der Waals surface area contributed by atoms with Gasteiger partial charge >= 0.3 is 6.09 Å². The van der Waals surface area contributed by atoms with Crippen LogP contribution in [0.1, 0.15) is 94.2 Å². The molecule has 0 spiro atoms. The van der Waals surface area contributed by atoms with Gasteiger partial charge in [-0.15, -0.1) is 0 Å². The van der Waals surface area contributed by atoms with Crippen LogP contribution in [0.25, 0.3) is 36.5 Å². The lowest BCUT2D eigenvalue weighted by atomic mass is 10.1. The molecule has 0 aliphatic carbocycles. The fourth-order valence-corrected chi connectivity index (χ4v) is 7.09. The Morgan fingerprint density at radius 1 is 0.400 bits per heavy atom. The fraction of sp³-hybridized carbons (Fsp3) is 0.412. The molecule has 6 aromatic rings. The summed E-state index contributed by atoms with van der Waals surface area (Å²) in [6.07, 6.45) is 20.2. The number of nitrogens with zero attached hydrogens (tertiary/aromatic N) is 4. The molecule has 0 saturated carbocycles. The number of carbonyl (C=O) groups excluding carboxylic acids is 1. The van der Waals surface area contributed by atoms with Gasteiger partial charge in [0.1, 0.15) is 25.4 Å². The summed E-state index contributed by atoms with van der Waals surface area (Å²) in [4.78, 5) is 26.6. The third-order valence-electron chi connectivity index (χ3n) is 11.6. The molecule has 3 heterocycles. The van der Waals surface area contributed by atoms with Crippen LogP contribution in [0.5, 0.6) is 17.6 Å². The van der Waals surface area contributed by atoms with Crippen LogP contribution in [0, 0.1) is 0 Å². The Labute approximate surface area is 505 Å². The van der Waals surface area contributed by atoms with Gasteiger partial charge in [-0.3, -0.25) is 4.90 Å². The van der Waals surface area contributed by atoms with Crippen LogP contribution in [-0.4, -0.2) is 147 Å². The van der Waals surface area contributed by atoms with Crippen molar-refractivity contribution in [2.24, 2.45) is 0 Å². The highest BCUT2D eigenvalue weighted by Gasteiger charge is 2.20. The second kappa shape index (κ2) is 43.1. The molecule has 17 heteroatoms. The molecular weight excluding hydrogens is 1080 g/mol. The second-order valence-electron chi connectivity index (χ2n) is 19.9. The van der Waals surface area contributed by atoms with Gasteiger partial charge in [0.15, 0.2) is 0 Å². The predicted molar refractivity (Wildman–Crippen MR) is 345 cm³/mol. The van der Waals surface area contributed by atoms with Crippen molar-refractivity contribution in [1.29, 1.82) is 0 Å². The normalized spacial score (nSPS) is 11.2. The average molecular weight is 1170 g/mol. The number of nitrogens with one attached hydrogen (secondary N) is 2. The van der Waals surface area contributed by atoms with E-state index in [9.17, 15) is 4.79 Å². The number of carbonyl (C=O) groups is 1. The molecule has 0 saturated heterocycles. The van der Waals surface area contributed by atoms with Crippen LogP contribution >= 0.6 is 0 Å². The maximum atomic E-state index is 12.2. The fourth-order valence-electron chi connectivity index (χ4n) is 7.09. The van der Waals surface area contributed by atoms with Crippen molar-refractivity contribution in [3.8, 4) is 17.6 Å². The van der Waals surface area contributed by atoms with Gasteiger partial charge in [-0.25, -0.2) is 19.7 Å². The van der Waals surface area contributed by atoms with Crippen molar-refractivity contribution in [2.75, 3.05) is 136 Å². The summed E-state index contributed by atoms with van der Waals surface area (Å²) < 4.78 is 54.5. The monoisotopic (exact) mass is 1170 g/mol. The van der Waals surface area contributed by atoms with Crippen LogP contribution in [0.15, 0.2) is 128 Å². The van der Waals surface area contributed by atoms with Gasteiger partial charge in [0, 0.05) is 94.8 Å². The predicted octanol–water partition coefficient (Wildman–Crippen LogP) is 13.7. The summed E-state index contributed by atoms with van der Waals surface area (Å²) in [6.45, 7) is 20.7. The van der Waals surface area contributed by atoms with Crippen LogP contribution in [0.3, 0.4) is 0 Å².